The highest BCUT2D eigenvalue weighted by Crippen LogP contribution is 2.23. The first kappa shape index (κ1) is 20.6. The number of fused-ring (bicyclic) bond motifs is 1. The largest absolute Gasteiger partial charge is 0.459 e. The van der Waals surface area contributed by atoms with Gasteiger partial charge in [0.25, 0.3) is 5.91 Å². The zero-order valence-electron chi connectivity index (χ0n) is 15.8. The Morgan fingerprint density at radius 1 is 1.10 bits per heavy atom. The van der Waals surface area contributed by atoms with Gasteiger partial charge in [0.05, 0.1) is 16.5 Å². The second-order valence-electron chi connectivity index (χ2n) is 6.29. The Morgan fingerprint density at radius 2 is 1.86 bits per heavy atom. The van der Waals surface area contributed by atoms with Crippen molar-refractivity contribution in [2.75, 3.05) is 13.7 Å². The molecule has 9 heteroatoms. The first-order valence-electron chi connectivity index (χ1n) is 8.79. The van der Waals surface area contributed by atoms with E-state index in [4.69, 9.17) is 9.15 Å². The number of carbonyl (C=O) groups excluding carboxylic acids is 2. The number of hydrogen-bond donors (Lipinski definition) is 2. The third-order valence-corrected chi connectivity index (χ3v) is 5.64. The summed E-state index contributed by atoms with van der Waals surface area (Å²) in [6.07, 6.45) is 0. The van der Waals surface area contributed by atoms with Crippen molar-refractivity contribution in [1.29, 1.82) is 0 Å². The molecule has 0 aliphatic carbocycles. The highest BCUT2D eigenvalue weighted by molar-refractivity contribution is 7.89. The lowest BCUT2D eigenvalue weighted by molar-refractivity contribution is -0.125. The van der Waals surface area contributed by atoms with Crippen molar-refractivity contribution in [3.63, 3.8) is 0 Å². The standard InChI is InChI=1S/C20H20N2O6S/c1-13(18-11-14-6-3-4-9-17(14)28-18)22-19(23)12-27-20(24)15-7-5-8-16(10-15)29(25,26)21-2/h3-11,13,21H,12H2,1-2H3,(H,22,23)/t13-/m0/s1. The number of furan rings is 1. The van der Waals surface area contributed by atoms with Gasteiger partial charge in [0.15, 0.2) is 6.61 Å². The zero-order valence-corrected chi connectivity index (χ0v) is 16.7. The smallest absolute Gasteiger partial charge is 0.338 e. The fourth-order valence-electron chi connectivity index (χ4n) is 2.69. The normalized spacial score (nSPS) is 12.5. The Hall–Kier alpha value is -3.17. The summed E-state index contributed by atoms with van der Waals surface area (Å²) in [7, 11) is -2.42. The maximum atomic E-state index is 12.2. The maximum absolute atomic E-state index is 12.2. The number of carbonyl (C=O) groups is 2. The molecule has 0 fully saturated rings. The second-order valence-corrected chi connectivity index (χ2v) is 8.17. The van der Waals surface area contributed by atoms with Gasteiger partial charge in [-0.25, -0.2) is 17.9 Å². The number of esters is 1. The molecular weight excluding hydrogens is 396 g/mol. The van der Waals surface area contributed by atoms with Crippen molar-refractivity contribution in [2.24, 2.45) is 0 Å². The summed E-state index contributed by atoms with van der Waals surface area (Å²) in [6.45, 7) is 1.25. The minimum Gasteiger partial charge on any atom is -0.459 e. The van der Waals surface area contributed by atoms with E-state index < -0.39 is 34.5 Å². The molecule has 0 saturated heterocycles. The molecule has 8 nitrogen and oxygen atoms in total. The molecular formula is C20H20N2O6S. The summed E-state index contributed by atoms with van der Waals surface area (Å²) in [5.41, 5.74) is 0.742. The third kappa shape index (κ3) is 4.82. The van der Waals surface area contributed by atoms with Gasteiger partial charge in [0, 0.05) is 5.39 Å². The zero-order chi connectivity index (χ0) is 21.0. The monoisotopic (exact) mass is 416 g/mol. The highest BCUT2D eigenvalue weighted by atomic mass is 32.2. The number of amides is 1. The number of para-hydroxylation sites is 1. The SMILES string of the molecule is CNS(=O)(=O)c1cccc(C(=O)OCC(=O)N[C@@H](C)c2cc3ccccc3o2)c1. The Kier molecular flexibility index (Phi) is 6.00. The molecule has 1 atom stereocenters. The van der Waals surface area contributed by atoms with Crippen LogP contribution in [0.1, 0.15) is 29.1 Å². The molecule has 29 heavy (non-hydrogen) atoms. The Labute approximate surface area is 167 Å². The molecule has 2 N–H and O–H groups in total. The van der Waals surface area contributed by atoms with Gasteiger partial charge in [-0.3, -0.25) is 4.79 Å². The molecule has 0 saturated carbocycles. The quantitative estimate of drug-likeness (QED) is 0.572. The Bertz CT molecular complexity index is 1120. The molecule has 3 aromatic rings. The minimum atomic E-state index is -3.69. The minimum absolute atomic E-state index is 0.0273. The van der Waals surface area contributed by atoms with Gasteiger partial charge in [-0.15, -0.1) is 0 Å². The second kappa shape index (κ2) is 8.46. The topological polar surface area (TPSA) is 115 Å². The third-order valence-electron chi connectivity index (χ3n) is 4.23. The van der Waals surface area contributed by atoms with E-state index in [1.54, 1.807) is 6.92 Å². The molecule has 152 valence electrons. The fraction of sp³-hybridized carbons (Fsp3) is 0.200. The lowest BCUT2D eigenvalue weighted by Gasteiger charge is -2.12. The van der Waals surface area contributed by atoms with E-state index in [1.165, 1.54) is 31.3 Å². The van der Waals surface area contributed by atoms with Crippen LogP contribution >= 0.6 is 0 Å². The van der Waals surface area contributed by atoms with Crippen molar-refractivity contribution >= 4 is 32.9 Å². The van der Waals surface area contributed by atoms with Crippen LogP contribution in [0.2, 0.25) is 0 Å². The first-order chi connectivity index (χ1) is 13.8. The van der Waals surface area contributed by atoms with Crippen LogP contribution in [-0.4, -0.2) is 33.9 Å². The van der Waals surface area contributed by atoms with Gasteiger partial charge in [-0.2, -0.15) is 0 Å². The molecule has 1 heterocycles. The number of nitrogens with one attached hydrogen (secondary N) is 2. The van der Waals surface area contributed by atoms with E-state index in [2.05, 4.69) is 10.0 Å². The lowest BCUT2D eigenvalue weighted by atomic mass is 10.2. The molecule has 0 spiro atoms. The summed E-state index contributed by atoms with van der Waals surface area (Å²) in [6, 6.07) is 14.3. The summed E-state index contributed by atoms with van der Waals surface area (Å²) in [4.78, 5) is 24.2. The van der Waals surface area contributed by atoms with Gasteiger partial charge in [0.2, 0.25) is 10.0 Å². The number of rotatable bonds is 7. The predicted octanol–water partition coefficient (Wildman–Crippen LogP) is 2.38. The van der Waals surface area contributed by atoms with Gasteiger partial charge in [-0.05, 0) is 44.3 Å². The van der Waals surface area contributed by atoms with Crippen LogP contribution < -0.4 is 10.0 Å². The number of hydrogen-bond acceptors (Lipinski definition) is 6. The van der Waals surface area contributed by atoms with Crippen LogP contribution in [0.4, 0.5) is 0 Å². The van der Waals surface area contributed by atoms with E-state index in [9.17, 15) is 18.0 Å². The summed E-state index contributed by atoms with van der Waals surface area (Å²) in [5.74, 6) is -0.731. The molecule has 1 aromatic heterocycles. The van der Waals surface area contributed by atoms with Crippen molar-refractivity contribution in [2.45, 2.75) is 17.9 Å². The molecule has 0 radical (unpaired) electrons. The van der Waals surface area contributed by atoms with Gasteiger partial charge in [-0.1, -0.05) is 24.3 Å². The summed E-state index contributed by atoms with van der Waals surface area (Å²) in [5, 5.41) is 3.62. The van der Waals surface area contributed by atoms with Crippen molar-refractivity contribution in [1.82, 2.24) is 10.0 Å². The number of benzene rings is 2. The number of ether oxygens (including phenoxy) is 1. The van der Waals surface area contributed by atoms with E-state index in [0.29, 0.717) is 11.3 Å². The number of sulfonamides is 1. The summed E-state index contributed by atoms with van der Waals surface area (Å²) < 4.78 is 36.5. The van der Waals surface area contributed by atoms with Crippen LogP contribution in [0.25, 0.3) is 11.0 Å². The molecule has 0 aliphatic rings. The van der Waals surface area contributed by atoms with Crippen LogP contribution in [0.15, 0.2) is 63.9 Å². The predicted molar refractivity (Wildman–Crippen MR) is 106 cm³/mol. The van der Waals surface area contributed by atoms with E-state index in [-0.39, 0.29) is 10.5 Å². The highest BCUT2D eigenvalue weighted by Gasteiger charge is 2.18. The van der Waals surface area contributed by atoms with Gasteiger partial charge in [0.1, 0.15) is 11.3 Å². The van der Waals surface area contributed by atoms with E-state index in [1.807, 2.05) is 30.3 Å². The van der Waals surface area contributed by atoms with Crippen LogP contribution in [0, 0.1) is 0 Å². The average Bonchev–Trinajstić information content (AvgIpc) is 3.16. The van der Waals surface area contributed by atoms with Crippen molar-refractivity contribution in [3.8, 4) is 0 Å². The van der Waals surface area contributed by atoms with Gasteiger partial charge < -0.3 is 14.5 Å². The molecule has 1 amide bonds. The lowest BCUT2D eigenvalue weighted by Crippen LogP contribution is -2.31. The average molecular weight is 416 g/mol. The van der Waals surface area contributed by atoms with E-state index >= 15 is 0 Å². The molecule has 0 aliphatic heterocycles. The molecule has 0 bridgehead atoms. The maximum Gasteiger partial charge on any atom is 0.338 e. The van der Waals surface area contributed by atoms with Gasteiger partial charge >= 0.3 is 5.97 Å². The van der Waals surface area contributed by atoms with Crippen LogP contribution in [0.3, 0.4) is 0 Å². The Balaban J connectivity index is 1.59. The van der Waals surface area contributed by atoms with E-state index in [0.717, 1.165) is 5.39 Å². The molecule has 2 aromatic carbocycles. The van der Waals surface area contributed by atoms with Crippen molar-refractivity contribution in [3.05, 3.63) is 65.9 Å². The first-order valence-corrected chi connectivity index (χ1v) is 10.3. The van der Waals surface area contributed by atoms with Crippen LogP contribution in [-0.2, 0) is 19.6 Å². The molecule has 3 rings (SSSR count). The summed E-state index contributed by atoms with van der Waals surface area (Å²) >= 11 is 0. The fourth-order valence-corrected chi connectivity index (χ4v) is 3.47. The van der Waals surface area contributed by atoms with Crippen molar-refractivity contribution < 1.29 is 27.2 Å². The molecule has 0 unspecified atom stereocenters. The Morgan fingerprint density at radius 3 is 2.59 bits per heavy atom. The van der Waals surface area contributed by atoms with Crippen LogP contribution in [0.5, 0.6) is 0 Å².